The molecule has 1 aromatic carbocycles. The number of hydrogen-bond acceptors (Lipinski definition) is 4. The maximum atomic E-state index is 14.0. The molecule has 0 spiro atoms. The topological polar surface area (TPSA) is 80.1 Å². The van der Waals surface area contributed by atoms with Crippen molar-refractivity contribution in [1.82, 2.24) is 14.8 Å². The van der Waals surface area contributed by atoms with E-state index in [9.17, 15) is 18.4 Å². The number of nitrogens with zero attached hydrogens (tertiary/aromatic N) is 4. The summed E-state index contributed by atoms with van der Waals surface area (Å²) in [7, 11) is 0. The van der Waals surface area contributed by atoms with Gasteiger partial charge in [0.15, 0.2) is 5.82 Å². The molecule has 1 unspecified atom stereocenters. The first kappa shape index (κ1) is 17.8. The molecule has 1 fully saturated rings. The van der Waals surface area contributed by atoms with Crippen molar-refractivity contribution in [2.45, 2.75) is 6.42 Å². The van der Waals surface area contributed by atoms with Gasteiger partial charge < -0.3 is 10.2 Å². The third kappa shape index (κ3) is 3.34. The molecule has 142 valence electrons. The SMILES string of the molecule is O=C(Nc1cccnc1-n1cccn1)C1CC(=O)N(c2ccc(F)cc2F)C1. The Morgan fingerprint density at radius 2 is 2.04 bits per heavy atom. The van der Waals surface area contributed by atoms with Crippen molar-refractivity contribution < 1.29 is 18.4 Å². The van der Waals surface area contributed by atoms with Crippen LogP contribution in [0.4, 0.5) is 20.2 Å². The van der Waals surface area contributed by atoms with Crippen LogP contribution in [0, 0.1) is 17.6 Å². The van der Waals surface area contributed by atoms with E-state index in [0.29, 0.717) is 17.6 Å². The molecular weight excluding hydrogens is 368 g/mol. The summed E-state index contributed by atoms with van der Waals surface area (Å²) >= 11 is 0. The van der Waals surface area contributed by atoms with Gasteiger partial charge in [0.1, 0.15) is 11.6 Å². The zero-order chi connectivity index (χ0) is 19.7. The molecule has 2 aromatic heterocycles. The lowest BCUT2D eigenvalue weighted by Crippen LogP contribution is -2.29. The van der Waals surface area contributed by atoms with Crippen LogP contribution in [0.15, 0.2) is 55.0 Å². The van der Waals surface area contributed by atoms with Crippen molar-refractivity contribution >= 4 is 23.2 Å². The minimum Gasteiger partial charge on any atom is -0.323 e. The van der Waals surface area contributed by atoms with Gasteiger partial charge in [0, 0.05) is 37.6 Å². The zero-order valence-electron chi connectivity index (χ0n) is 14.5. The molecule has 0 bridgehead atoms. The first-order chi connectivity index (χ1) is 13.5. The van der Waals surface area contributed by atoms with Gasteiger partial charge in [0.25, 0.3) is 0 Å². The number of anilines is 2. The van der Waals surface area contributed by atoms with E-state index in [4.69, 9.17) is 0 Å². The van der Waals surface area contributed by atoms with Crippen LogP contribution in [-0.2, 0) is 9.59 Å². The van der Waals surface area contributed by atoms with Gasteiger partial charge in [-0.3, -0.25) is 9.59 Å². The predicted molar refractivity (Wildman–Crippen MR) is 96.8 cm³/mol. The van der Waals surface area contributed by atoms with E-state index in [1.807, 2.05) is 0 Å². The van der Waals surface area contributed by atoms with Gasteiger partial charge in [-0.25, -0.2) is 18.4 Å². The van der Waals surface area contributed by atoms with Crippen LogP contribution in [-0.4, -0.2) is 33.1 Å². The molecule has 0 aliphatic carbocycles. The fourth-order valence-corrected chi connectivity index (χ4v) is 3.12. The van der Waals surface area contributed by atoms with Crippen LogP contribution >= 0.6 is 0 Å². The molecule has 28 heavy (non-hydrogen) atoms. The number of hydrogen-bond donors (Lipinski definition) is 1. The summed E-state index contributed by atoms with van der Waals surface area (Å²) in [4.78, 5) is 30.4. The normalized spacial score (nSPS) is 16.4. The quantitative estimate of drug-likeness (QED) is 0.751. The summed E-state index contributed by atoms with van der Waals surface area (Å²) in [5, 5.41) is 6.86. The largest absolute Gasteiger partial charge is 0.323 e. The molecule has 1 N–H and O–H groups in total. The van der Waals surface area contributed by atoms with Gasteiger partial charge in [-0.05, 0) is 30.3 Å². The van der Waals surface area contributed by atoms with E-state index < -0.39 is 23.5 Å². The maximum Gasteiger partial charge on any atom is 0.229 e. The monoisotopic (exact) mass is 383 g/mol. The van der Waals surface area contributed by atoms with Crippen molar-refractivity contribution in [3.05, 3.63) is 66.6 Å². The second-order valence-corrected chi connectivity index (χ2v) is 6.32. The maximum absolute atomic E-state index is 14.0. The highest BCUT2D eigenvalue weighted by Crippen LogP contribution is 2.29. The number of nitrogens with one attached hydrogen (secondary N) is 1. The number of rotatable bonds is 4. The Labute approximate surface area is 158 Å². The number of carbonyl (C=O) groups is 2. The van der Waals surface area contributed by atoms with Crippen molar-refractivity contribution in [3.63, 3.8) is 0 Å². The third-order valence-electron chi connectivity index (χ3n) is 4.46. The summed E-state index contributed by atoms with van der Waals surface area (Å²) in [6.07, 6.45) is 4.78. The van der Waals surface area contributed by atoms with Crippen molar-refractivity contribution in [2.24, 2.45) is 5.92 Å². The first-order valence-corrected chi connectivity index (χ1v) is 8.54. The second kappa shape index (κ2) is 7.18. The standard InChI is InChI=1S/C19H15F2N5O2/c20-13-4-5-16(14(21)10-13)25-11-12(9-17(25)27)19(28)24-15-3-1-6-22-18(15)26-8-2-7-23-26/h1-8,10,12H,9,11H2,(H,24,28). The van der Waals surface area contributed by atoms with E-state index in [0.717, 1.165) is 11.0 Å². The average Bonchev–Trinajstić information content (AvgIpc) is 3.32. The van der Waals surface area contributed by atoms with Gasteiger partial charge in [-0.2, -0.15) is 5.10 Å². The van der Waals surface area contributed by atoms with E-state index in [1.54, 1.807) is 36.8 Å². The molecule has 2 amide bonds. The van der Waals surface area contributed by atoms with Gasteiger partial charge >= 0.3 is 0 Å². The second-order valence-electron chi connectivity index (χ2n) is 6.32. The van der Waals surface area contributed by atoms with Gasteiger partial charge in [0.05, 0.1) is 17.3 Å². The Morgan fingerprint density at radius 1 is 1.18 bits per heavy atom. The highest BCUT2D eigenvalue weighted by molar-refractivity contribution is 6.04. The average molecular weight is 383 g/mol. The molecule has 1 atom stereocenters. The molecule has 4 rings (SSSR count). The Balaban J connectivity index is 1.52. The molecule has 3 heterocycles. The molecule has 1 aliphatic heterocycles. The van der Waals surface area contributed by atoms with E-state index in [2.05, 4.69) is 15.4 Å². The van der Waals surface area contributed by atoms with Gasteiger partial charge in [0.2, 0.25) is 11.8 Å². The number of benzene rings is 1. The van der Waals surface area contributed by atoms with Gasteiger partial charge in [-0.1, -0.05) is 0 Å². The number of carbonyl (C=O) groups excluding carboxylic acids is 2. The summed E-state index contributed by atoms with van der Waals surface area (Å²) in [6.45, 7) is 0.00455. The minimum atomic E-state index is -0.845. The number of amides is 2. The molecule has 9 heteroatoms. The molecular formula is C19H15F2N5O2. The van der Waals surface area contributed by atoms with Crippen LogP contribution in [0.5, 0.6) is 0 Å². The summed E-state index contributed by atoms with van der Waals surface area (Å²) in [5.74, 6) is -2.61. The van der Waals surface area contributed by atoms with Crippen LogP contribution in [0.1, 0.15) is 6.42 Å². The van der Waals surface area contributed by atoms with E-state index in [-0.39, 0.29) is 24.6 Å². The molecule has 7 nitrogen and oxygen atoms in total. The van der Waals surface area contributed by atoms with Crippen molar-refractivity contribution in [1.29, 1.82) is 0 Å². The first-order valence-electron chi connectivity index (χ1n) is 8.54. The predicted octanol–water partition coefficient (Wildman–Crippen LogP) is 2.54. The molecule has 1 saturated heterocycles. The lowest BCUT2D eigenvalue weighted by molar-refractivity contribution is -0.122. The fourth-order valence-electron chi connectivity index (χ4n) is 3.12. The zero-order valence-corrected chi connectivity index (χ0v) is 14.5. The fraction of sp³-hybridized carbons (Fsp3) is 0.158. The highest BCUT2D eigenvalue weighted by atomic mass is 19.1. The lowest BCUT2D eigenvalue weighted by atomic mass is 10.1. The summed E-state index contributed by atoms with van der Waals surface area (Å²) in [6, 6.07) is 8.05. The molecule has 3 aromatic rings. The summed E-state index contributed by atoms with van der Waals surface area (Å²) < 4.78 is 28.6. The molecule has 0 saturated carbocycles. The van der Waals surface area contributed by atoms with Crippen LogP contribution in [0.3, 0.4) is 0 Å². The highest BCUT2D eigenvalue weighted by Gasteiger charge is 2.36. The Bertz CT molecular complexity index is 1040. The molecule has 1 aliphatic rings. The number of pyridine rings is 1. The lowest BCUT2D eigenvalue weighted by Gasteiger charge is -2.17. The van der Waals surface area contributed by atoms with E-state index >= 15 is 0 Å². The number of aromatic nitrogens is 3. The van der Waals surface area contributed by atoms with Crippen LogP contribution < -0.4 is 10.2 Å². The Kier molecular flexibility index (Phi) is 4.56. The third-order valence-corrected chi connectivity index (χ3v) is 4.46. The Hall–Kier alpha value is -3.62. The van der Waals surface area contributed by atoms with Crippen molar-refractivity contribution in [2.75, 3.05) is 16.8 Å². The molecule has 0 radical (unpaired) electrons. The van der Waals surface area contributed by atoms with Crippen LogP contribution in [0.25, 0.3) is 5.82 Å². The van der Waals surface area contributed by atoms with Crippen LogP contribution in [0.2, 0.25) is 0 Å². The van der Waals surface area contributed by atoms with Crippen molar-refractivity contribution in [3.8, 4) is 5.82 Å². The van der Waals surface area contributed by atoms with Gasteiger partial charge in [-0.15, -0.1) is 0 Å². The Morgan fingerprint density at radius 3 is 2.79 bits per heavy atom. The smallest absolute Gasteiger partial charge is 0.229 e. The van der Waals surface area contributed by atoms with E-state index in [1.165, 1.54) is 10.7 Å². The minimum absolute atomic E-state index is 0.00455. The number of halogens is 2. The summed E-state index contributed by atoms with van der Waals surface area (Å²) in [5.41, 5.74) is 0.398.